The standard InChI is InChI=1S/C24H28N4O2S2/c1-25-11-13-27(14-12-25)21-17-9-5-6-10-19(17)26(2)22(29)18(21)15-20-23(30)28(24(31)32-20)16-7-3-4-8-16/h5-6,9-10,15-16H,3-4,7-8,11-14H2,1-2H3. The van der Waals surface area contributed by atoms with Crippen molar-refractivity contribution >= 4 is 56.9 Å². The van der Waals surface area contributed by atoms with Gasteiger partial charge in [0, 0.05) is 44.7 Å². The van der Waals surface area contributed by atoms with E-state index in [1.807, 2.05) is 18.2 Å². The van der Waals surface area contributed by atoms with Crippen molar-refractivity contribution in [3.05, 3.63) is 45.1 Å². The van der Waals surface area contributed by atoms with Crippen molar-refractivity contribution in [2.24, 2.45) is 7.05 Å². The molecule has 5 rings (SSSR count). The zero-order valence-electron chi connectivity index (χ0n) is 18.5. The Morgan fingerprint density at radius 1 is 1.03 bits per heavy atom. The maximum Gasteiger partial charge on any atom is 0.266 e. The van der Waals surface area contributed by atoms with Crippen molar-refractivity contribution in [1.82, 2.24) is 14.4 Å². The monoisotopic (exact) mass is 468 g/mol. The zero-order chi connectivity index (χ0) is 22.4. The number of anilines is 1. The molecule has 0 radical (unpaired) electrons. The molecule has 1 aromatic carbocycles. The first-order valence-corrected chi connectivity index (χ1v) is 12.5. The summed E-state index contributed by atoms with van der Waals surface area (Å²) >= 11 is 6.92. The first kappa shape index (κ1) is 21.7. The van der Waals surface area contributed by atoms with E-state index < -0.39 is 0 Å². The SMILES string of the molecule is CN1CCN(c2c(C=C3SC(=S)N(C4CCCC4)C3=O)c(=O)n(C)c3ccccc23)CC1. The molecule has 0 spiro atoms. The summed E-state index contributed by atoms with van der Waals surface area (Å²) < 4.78 is 2.31. The van der Waals surface area contributed by atoms with E-state index in [2.05, 4.69) is 22.9 Å². The van der Waals surface area contributed by atoms with Gasteiger partial charge in [0.25, 0.3) is 11.5 Å². The van der Waals surface area contributed by atoms with Crippen LogP contribution in [0.25, 0.3) is 17.0 Å². The number of benzene rings is 1. The fourth-order valence-corrected chi connectivity index (χ4v) is 6.47. The van der Waals surface area contributed by atoms with Gasteiger partial charge in [0.1, 0.15) is 4.32 Å². The lowest BCUT2D eigenvalue weighted by atomic mass is 10.1. The van der Waals surface area contributed by atoms with Crippen LogP contribution in [0.1, 0.15) is 31.2 Å². The smallest absolute Gasteiger partial charge is 0.266 e. The molecule has 1 aliphatic carbocycles. The van der Waals surface area contributed by atoms with E-state index in [4.69, 9.17) is 12.2 Å². The lowest BCUT2D eigenvalue weighted by molar-refractivity contribution is -0.123. The number of fused-ring (bicyclic) bond motifs is 1. The van der Waals surface area contributed by atoms with Gasteiger partial charge in [0.2, 0.25) is 0 Å². The van der Waals surface area contributed by atoms with Gasteiger partial charge in [-0.1, -0.05) is 55.0 Å². The quantitative estimate of drug-likeness (QED) is 0.508. The first-order valence-electron chi connectivity index (χ1n) is 11.3. The topological polar surface area (TPSA) is 48.8 Å². The van der Waals surface area contributed by atoms with Crippen LogP contribution in [0.3, 0.4) is 0 Å². The van der Waals surface area contributed by atoms with Crippen molar-refractivity contribution in [2.75, 3.05) is 38.1 Å². The van der Waals surface area contributed by atoms with E-state index in [0.29, 0.717) is 14.8 Å². The van der Waals surface area contributed by atoms with Crippen LogP contribution in [0.15, 0.2) is 34.0 Å². The summed E-state index contributed by atoms with van der Waals surface area (Å²) in [5.74, 6) is -0.0496. The van der Waals surface area contributed by atoms with Gasteiger partial charge in [0.05, 0.1) is 21.7 Å². The maximum absolute atomic E-state index is 13.5. The number of aromatic nitrogens is 1. The van der Waals surface area contributed by atoms with Crippen LogP contribution >= 0.6 is 24.0 Å². The second kappa shape index (κ2) is 8.65. The highest BCUT2D eigenvalue weighted by molar-refractivity contribution is 8.26. The number of thioether (sulfide) groups is 1. The summed E-state index contributed by atoms with van der Waals surface area (Å²) in [4.78, 5) is 33.8. The lowest BCUT2D eigenvalue weighted by Crippen LogP contribution is -2.45. The Hall–Kier alpha value is -2.16. The Bertz CT molecular complexity index is 1170. The molecule has 0 bridgehead atoms. The molecule has 2 aliphatic heterocycles. The Morgan fingerprint density at radius 2 is 1.72 bits per heavy atom. The van der Waals surface area contributed by atoms with E-state index in [-0.39, 0.29) is 17.5 Å². The van der Waals surface area contributed by atoms with Crippen LogP contribution in [0.5, 0.6) is 0 Å². The van der Waals surface area contributed by atoms with Crippen LogP contribution in [0.4, 0.5) is 5.69 Å². The van der Waals surface area contributed by atoms with Gasteiger partial charge in [-0.25, -0.2) is 0 Å². The number of pyridine rings is 1. The predicted molar refractivity (Wildman–Crippen MR) is 136 cm³/mol. The van der Waals surface area contributed by atoms with E-state index >= 15 is 0 Å². The van der Waals surface area contributed by atoms with E-state index in [9.17, 15) is 9.59 Å². The van der Waals surface area contributed by atoms with Crippen molar-refractivity contribution in [3.63, 3.8) is 0 Å². The normalized spacial score (nSPS) is 22.1. The Balaban J connectivity index is 1.64. The highest BCUT2D eigenvalue weighted by atomic mass is 32.2. The second-order valence-electron chi connectivity index (χ2n) is 8.92. The largest absolute Gasteiger partial charge is 0.368 e. The van der Waals surface area contributed by atoms with Crippen molar-refractivity contribution in [2.45, 2.75) is 31.7 Å². The highest BCUT2D eigenvalue weighted by Gasteiger charge is 2.38. The average molecular weight is 469 g/mol. The van der Waals surface area contributed by atoms with Crippen molar-refractivity contribution < 1.29 is 4.79 Å². The van der Waals surface area contributed by atoms with Gasteiger partial charge in [0.15, 0.2) is 0 Å². The minimum absolute atomic E-state index is 0.0496. The molecule has 0 N–H and O–H groups in total. The molecule has 3 aliphatic rings. The molecule has 3 fully saturated rings. The zero-order valence-corrected chi connectivity index (χ0v) is 20.2. The third kappa shape index (κ3) is 3.68. The van der Waals surface area contributed by atoms with Crippen LogP contribution < -0.4 is 10.5 Å². The van der Waals surface area contributed by atoms with Crippen LogP contribution in [0, 0.1) is 0 Å². The predicted octanol–water partition coefficient (Wildman–Crippen LogP) is 3.43. The second-order valence-corrected chi connectivity index (χ2v) is 10.6. The number of thiocarbonyl (C=S) groups is 1. The molecule has 0 unspecified atom stereocenters. The third-order valence-electron chi connectivity index (χ3n) is 6.92. The number of likely N-dealkylation sites (N-methyl/N-ethyl adjacent to an activating group) is 1. The average Bonchev–Trinajstić information content (AvgIpc) is 3.41. The van der Waals surface area contributed by atoms with Crippen LogP contribution in [-0.2, 0) is 11.8 Å². The highest BCUT2D eigenvalue weighted by Crippen LogP contribution is 2.39. The molecule has 6 nitrogen and oxygen atoms in total. The third-order valence-corrected chi connectivity index (χ3v) is 8.25. The molecular weight excluding hydrogens is 440 g/mol. The van der Waals surface area contributed by atoms with E-state index in [1.54, 1.807) is 22.6 Å². The van der Waals surface area contributed by atoms with Gasteiger partial charge in [-0.15, -0.1) is 0 Å². The first-order chi connectivity index (χ1) is 15.5. The molecular formula is C24H28N4O2S2. The van der Waals surface area contributed by atoms with Gasteiger partial charge < -0.3 is 14.4 Å². The Morgan fingerprint density at radius 3 is 2.44 bits per heavy atom. The number of hydrogen-bond acceptors (Lipinski definition) is 6. The van der Waals surface area contributed by atoms with Gasteiger partial charge in [-0.3, -0.25) is 14.5 Å². The van der Waals surface area contributed by atoms with Gasteiger partial charge in [-0.2, -0.15) is 0 Å². The Kier molecular flexibility index (Phi) is 5.86. The van der Waals surface area contributed by atoms with Crippen molar-refractivity contribution in [1.29, 1.82) is 0 Å². The van der Waals surface area contributed by atoms with Gasteiger partial charge >= 0.3 is 0 Å². The number of hydrogen-bond donors (Lipinski definition) is 0. The number of rotatable bonds is 3. The lowest BCUT2D eigenvalue weighted by Gasteiger charge is -2.35. The number of para-hydroxylation sites is 1. The molecule has 168 valence electrons. The molecule has 2 aromatic rings. The van der Waals surface area contributed by atoms with Crippen LogP contribution in [-0.4, -0.2) is 63.9 Å². The molecule has 3 heterocycles. The number of nitrogens with zero attached hydrogens (tertiary/aromatic N) is 4. The number of amides is 1. The van der Waals surface area contributed by atoms with E-state index in [1.165, 1.54) is 11.8 Å². The van der Waals surface area contributed by atoms with Gasteiger partial charge in [-0.05, 0) is 32.0 Å². The summed E-state index contributed by atoms with van der Waals surface area (Å²) in [7, 11) is 3.92. The van der Waals surface area contributed by atoms with E-state index in [0.717, 1.165) is 68.5 Å². The molecule has 32 heavy (non-hydrogen) atoms. The minimum Gasteiger partial charge on any atom is -0.368 e. The number of carbonyl (C=O) groups excluding carboxylic acids is 1. The minimum atomic E-state index is -0.0798. The summed E-state index contributed by atoms with van der Waals surface area (Å²) in [5, 5.41) is 1.04. The number of piperazine rings is 1. The molecule has 2 saturated heterocycles. The molecule has 1 amide bonds. The summed E-state index contributed by atoms with van der Waals surface area (Å²) in [6.07, 6.45) is 6.09. The summed E-state index contributed by atoms with van der Waals surface area (Å²) in [6, 6.07) is 8.23. The van der Waals surface area contributed by atoms with Crippen molar-refractivity contribution in [3.8, 4) is 0 Å². The molecule has 1 aromatic heterocycles. The fourth-order valence-electron chi connectivity index (χ4n) is 5.09. The fraction of sp³-hybridized carbons (Fsp3) is 0.458. The summed E-state index contributed by atoms with van der Waals surface area (Å²) in [5.41, 5.74) is 2.34. The van der Waals surface area contributed by atoms with Crippen LogP contribution in [0.2, 0.25) is 0 Å². The number of aryl methyl sites for hydroxylation is 1. The number of carbonyl (C=O) groups is 1. The maximum atomic E-state index is 13.5. The molecule has 8 heteroatoms. The Labute approximate surface area is 197 Å². The molecule has 0 atom stereocenters. The molecule has 1 saturated carbocycles. The summed E-state index contributed by atoms with van der Waals surface area (Å²) in [6.45, 7) is 3.56.